The minimum Gasteiger partial charge on any atom is -0.311 e. The van der Waals surface area contributed by atoms with E-state index < -0.39 is 5.41 Å². The molecule has 14 rings (SSSR count). The average molecular weight is 887 g/mol. The third-order valence-electron chi connectivity index (χ3n) is 15.3. The van der Waals surface area contributed by atoms with E-state index in [-0.39, 0.29) is 12.1 Å². The van der Waals surface area contributed by atoms with Gasteiger partial charge in [-0.15, -0.1) is 11.3 Å². The largest absolute Gasteiger partial charge is 0.311 e. The van der Waals surface area contributed by atoms with Crippen LogP contribution >= 0.6 is 11.3 Å². The molecule has 4 heteroatoms. The standard InChI is InChI=1S/C64H47BN2S/c1-40-31-34-46(41-19-8-5-9-20-41)50(37-40)42-32-36-54-57(38-42)66(44-21-10-6-11-22-44)55-29-18-30-56-59(55)65(54)62-60(67(56)45-23-12-7-13-24-45)58-49-35-33-43(63(2,3)4)39-53(49)64(61(58)68-62)51-27-16-14-25-47(51)48-26-15-17-28-52(48)64/h5-39H,1-4H3. The predicted molar refractivity (Wildman–Crippen MR) is 289 cm³/mol. The Morgan fingerprint density at radius 3 is 1.74 bits per heavy atom. The van der Waals surface area contributed by atoms with E-state index in [0.29, 0.717) is 0 Å². The molecule has 322 valence electrons. The molecule has 0 unspecified atom stereocenters. The molecule has 3 heterocycles. The molecule has 1 spiro atoms. The van der Waals surface area contributed by atoms with Crippen LogP contribution in [0, 0.1) is 6.92 Å². The quantitative estimate of drug-likeness (QED) is 0.163. The lowest BCUT2D eigenvalue weighted by molar-refractivity contribution is 0.588. The molecule has 0 saturated carbocycles. The number of benzene rings is 9. The molecule has 9 aromatic carbocycles. The molecule has 10 aromatic rings. The number of rotatable bonds is 4. The van der Waals surface area contributed by atoms with Crippen molar-refractivity contribution >= 4 is 67.9 Å². The summed E-state index contributed by atoms with van der Waals surface area (Å²) in [6.07, 6.45) is 0. The molecule has 2 nitrogen and oxygen atoms in total. The Bertz CT molecular complexity index is 3650. The van der Waals surface area contributed by atoms with Gasteiger partial charge >= 0.3 is 0 Å². The molecule has 0 bridgehead atoms. The zero-order valence-electron chi connectivity index (χ0n) is 38.6. The molecular weight excluding hydrogens is 840 g/mol. The van der Waals surface area contributed by atoms with Gasteiger partial charge in [0.2, 0.25) is 0 Å². The fourth-order valence-corrected chi connectivity index (χ4v) is 14.0. The highest BCUT2D eigenvalue weighted by Gasteiger charge is 2.57. The number of para-hydroxylation sites is 2. The molecule has 68 heavy (non-hydrogen) atoms. The Kier molecular flexibility index (Phi) is 8.38. The minimum atomic E-state index is -0.477. The Balaban J connectivity index is 1.10. The minimum absolute atomic E-state index is 0.0110. The van der Waals surface area contributed by atoms with E-state index in [1.165, 1.54) is 121 Å². The third-order valence-corrected chi connectivity index (χ3v) is 16.6. The molecule has 0 fully saturated rings. The summed E-state index contributed by atoms with van der Waals surface area (Å²) in [5.74, 6) is 0. The number of thiophene rings is 1. The van der Waals surface area contributed by atoms with E-state index in [0.717, 1.165) is 5.69 Å². The van der Waals surface area contributed by atoms with Gasteiger partial charge in [-0.25, -0.2) is 0 Å². The van der Waals surface area contributed by atoms with Gasteiger partial charge in [0.05, 0.1) is 11.1 Å². The second kappa shape index (κ2) is 14.4. The average Bonchev–Trinajstić information content (AvgIpc) is 4.00. The number of fused-ring (bicyclic) bond motifs is 15. The molecule has 0 atom stereocenters. The van der Waals surface area contributed by atoms with Crippen molar-refractivity contribution in [3.63, 3.8) is 0 Å². The van der Waals surface area contributed by atoms with Crippen LogP contribution in [-0.2, 0) is 10.8 Å². The SMILES string of the molecule is Cc1ccc(-c2ccccc2)c(-c2ccc3c(c2)N(c2ccccc2)c2cccc4c2B3c2sc3c(c2N4c2ccccc2)-c2ccc(C(C)(C)C)cc2C32c3ccccc3-c3ccccc32)c1. The predicted octanol–water partition coefficient (Wildman–Crippen LogP) is 15.1. The summed E-state index contributed by atoms with van der Waals surface area (Å²) in [5, 5.41) is 0. The van der Waals surface area contributed by atoms with Crippen LogP contribution in [0.4, 0.5) is 34.1 Å². The van der Waals surface area contributed by atoms with Gasteiger partial charge in [-0.2, -0.15) is 0 Å². The first-order chi connectivity index (χ1) is 33.3. The Morgan fingerprint density at radius 1 is 0.456 bits per heavy atom. The summed E-state index contributed by atoms with van der Waals surface area (Å²) in [4.78, 5) is 6.58. The number of anilines is 6. The summed E-state index contributed by atoms with van der Waals surface area (Å²) in [5.41, 5.74) is 26.5. The van der Waals surface area contributed by atoms with Crippen molar-refractivity contribution in [2.24, 2.45) is 0 Å². The van der Waals surface area contributed by atoms with Crippen LogP contribution in [0.25, 0.3) is 44.5 Å². The summed E-state index contributed by atoms with van der Waals surface area (Å²) < 4.78 is 1.40. The van der Waals surface area contributed by atoms with Crippen LogP contribution in [0.15, 0.2) is 212 Å². The summed E-state index contributed by atoms with van der Waals surface area (Å²) >= 11 is 2.06. The first-order valence-electron chi connectivity index (χ1n) is 24.0. The van der Waals surface area contributed by atoms with Gasteiger partial charge in [0.25, 0.3) is 6.71 Å². The van der Waals surface area contributed by atoms with Crippen LogP contribution in [0.1, 0.15) is 53.5 Å². The van der Waals surface area contributed by atoms with Gasteiger partial charge in [-0.3, -0.25) is 0 Å². The smallest absolute Gasteiger partial charge is 0.264 e. The Morgan fingerprint density at radius 2 is 1.06 bits per heavy atom. The maximum atomic E-state index is 2.62. The molecule has 4 aliphatic rings. The van der Waals surface area contributed by atoms with Crippen molar-refractivity contribution in [3.05, 3.63) is 245 Å². The molecule has 1 aromatic heterocycles. The van der Waals surface area contributed by atoms with Gasteiger partial charge in [0.1, 0.15) is 0 Å². The maximum absolute atomic E-state index is 2.62. The Hall–Kier alpha value is -7.66. The van der Waals surface area contributed by atoms with Gasteiger partial charge in [-0.05, 0) is 127 Å². The van der Waals surface area contributed by atoms with Crippen molar-refractivity contribution in [1.82, 2.24) is 0 Å². The third kappa shape index (κ3) is 5.35. The van der Waals surface area contributed by atoms with Gasteiger partial charge in [0.15, 0.2) is 0 Å². The van der Waals surface area contributed by atoms with Crippen molar-refractivity contribution in [2.75, 3.05) is 9.80 Å². The van der Waals surface area contributed by atoms with E-state index in [1.807, 2.05) is 0 Å². The monoisotopic (exact) mass is 886 g/mol. The van der Waals surface area contributed by atoms with Crippen molar-refractivity contribution in [2.45, 2.75) is 38.5 Å². The first-order valence-corrected chi connectivity index (χ1v) is 24.8. The number of aryl methyl sites for hydroxylation is 1. The second-order valence-electron chi connectivity index (χ2n) is 20.0. The lowest BCUT2D eigenvalue weighted by Gasteiger charge is -2.43. The molecule has 0 saturated heterocycles. The molecule has 0 radical (unpaired) electrons. The van der Waals surface area contributed by atoms with Gasteiger partial charge < -0.3 is 9.80 Å². The van der Waals surface area contributed by atoms with Crippen molar-refractivity contribution in [3.8, 4) is 44.5 Å². The lowest BCUT2D eigenvalue weighted by atomic mass is 9.36. The highest BCUT2D eigenvalue weighted by atomic mass is 32.1. The topological polar surface area (TPSA) is 6.48 Å². The second-order valence-corrected chi connectivity index (χ2v) is 21.1. The van der Waals surface area contributed by atoms with Crippen LogP contribution in [0.2, 0.25) is 0 Å². The highest BCUT2D eigenvalue weighted by molar-refractivity contribution is 7.30. The van der Waals surface area contributed by atoms with Gasteiger partial charge in [0, 0.05) is 43.7 Å². The van der Waals surface area contributed by atoms with E-state index in [1.54, 1.807) is 0 Å². The van der Waals surface area contributed by atoms with Crippen molar-refractivity contribution < 1.29 is 0 Å². The maximum Gasteiger partial charge on any atom is 0.264 e. The number of hydrogen-bond donors (Lipinski definition) is 0. The first kappa shape index (κ1) is 39.5. The van der Waals surface area contributed by atoms with E-state index in [9.17, 15) is 0 Å². The van der Waals surface area contributed by atoms with Crippen LogP contribution < -0.4 is 25.5 Å². The molecule has 2 aliphatic carbocycles. The highest BCUT2D eigenvalue weighted by Crippen LogP contribution is 2.67. The van der Waals surface area contributed by atoms with Crippen LogP contribution in [0.3, 0.4) is 0 Å². The molecule has 0 amide bonds. The van der Waals surface area contributed by atoms with Crippen LogP contribution in [0.5, 0.6) is 0 Å². The summed E-state index contributed by atoms with van der Waals surface area (Å²) in [6.45, 7) is 9.24. The van der Waals surface area contributed by atoms with Crippen LogP contribution in [-0.4, -0.2) is 6.71 Å². The molecule has 0 N–H and O–H groups in total. The number of hydrogen-bond acceptors (Lipinski definition) is 3. The number of nitrogens with zero attached hydrogens (tertiary/aromatic N) is 2. The molecular formula is C64H47BN2S. The molecule has 2 aliphatic heterocycles. The normalized spacial score (nSPS) is 14.2. The summed E-state index contributed by atoms with van der Waals surface area (Å²) in [6, 6.07) is 80.2. The van der Waals surface area contributed by atoms with E-state index >= 15 is 0 Å². The summed E-state index contributed by atoms with van der Waals surface area (Å²) in [7, 11) is 0. The van der Waals surface area contributed by atoms with E-state index in [2.05, 4.69) is 261 Å². The fraction of sp³-hybridized carbons (Fsp3) is 0.0938. The fourth-order valence-electron chi connectivity index (χ4n) is 12.3. The van der Waals surface area contributed by atoms with Crippen molar-refractivity contribution in [1.29, 1.82) is 0 Å². The Labute approximate surface area is 403 Å². The lowest BCUT2D eigenvalue weighted by Crippen LogP contribution is -2.60. The van der Waals surface area contributed by atoms with E-state index in [4.69, 9.17) is 0 Å². The van der Waals surface area contributed by atoms with Gasteiger partial charge in [-0.1, -0.05) is 196 Å². The zero-order valence-corrected chi connectivity index (χ0v) is 39.4. The zero-order chi connectivity index (χ0) is 45.5.